The van der Waals surface area contributed by atoms with Crippen LogP contribution in [0.25, 0.3) is 6.08 Å². The molecule has 1 aromatic carbocycles. The van der Waals surface area contributed by atoms with E-state index in [1.165, 1.54) is 17.4 Å². The van der Waals surface area contributed by atoms with Crippen molar-refractivity contribution in [3.8, 4) is 5.75 Å². The molecule has 142 valence electrons. The number of rotatable bonds is 5. The Hall–Kier alpha value is -2.42. The van der Waals surface area contributed by atoms with Gasteiger partial charge in [0.25, 0.3) is 5.91 Å². The van der Waals surface area contributed by atoms with Crippen LogP contribution in [0.15, 0.2) is 35.7 Å². The van der Waals surface area contributed by atoms with Crippen molar-refractivity contribution >= 4 is 58.2 Å². The second-order valence-corrected chi connectivity index (χ2v) is 7.27. The molecule has 2 aromatic rings. The maximum Gasteiger partial charge on any atom is 0.276 e. The number of aryl methyl sites for hydroxylation is 2. The Balaban J connectivity index is 1.71. The highest BCUT2D eigenvalue weighted by Gasteiger charge is 2.07. The molecular formula is C18H18ClN3O3S2. The summed E-state index contributed by atoms with van der Waals surface area (Å²) in [7, 11) is 0. The quantitative estimate of drug-likeness (QED) is 0.391. The second kappa shape index (κ2) is 10.1. The van der Waals surface area contributed by atoms with Crippen molar-refractivity contribution in [3.05, 3.63) is 56.7 Å². The van der Waals surface area contributed by atoms with Crippen molar-refractivity contribution < 1.29 is 14.3 Å². The lowest BCUT2D eigenvalue weighted by Crippen LogP contribution is -2.49. The fourth-order valence-electron chi connectivity index (χ4n) is 2.03. The van der Waals surface area contributed by atoms with Gasteiger partial charge in [0.15, 0.2) is 11.7 Å². The molecular weight excluding hydrogens is 406 g/mol. The van der Waals surface area contributed by atoms with Crippen LogP contribution >= 0.6 is 35.2 Å². The van der Waals surface area contributed by atoms with Crippen molar-refractivity contribution in [3.63, 3.8) is 0 Å². The van der Waals surface area contributed by atoms with E-state index in [2.05, 4.69) is 16.2 Å². The summed E-state index contributed by atoms with van der Waals surface area (Å²) < 4.78 is 5.43. The standard InChI is InChI=1S/C18H18ClN3O3S2/c1-11-8-13(9-12(2)17(11)19)25-10-16(24)21-22-18(26)20-15(23)6-5-14-4-3-7-27-14/h3-9H,10H2,1-2H3,(H,21,24)(H2,20,22,23,26). The Bertz CT molecular complexity index is 844. The Morgan fingerprint density at radius 1 is 1.26 bits per heavy atom. The van der Waals surface area contributed by atoms with E-state index in [0.717, 1.165) is 16.0 Å². The first-order valence-corrected chi connectivity index (χ1v) is 9.52. The molecule has 0 aliphatic rings. The summed E-state index contributed by atoms with van der Waals surface area (Å²) >= 11 is 12.5. The van der Waals surface area contributed by atoms with E-state index in [4.69, 9.17) is 28.6 Å². The molecule has 9 heteroatoms. The predicted molar refractivity (Wildman–Crippen MR) is 112 cm³/mol. The molecule has 0 saturated carbocycles. The number of hydrogen-bond donors (Lipinski definition) is 3. The fourth-order valence-corrected chi connectivity index (χ4v) is 2.91. The Morgan fingerprint density at radius 3 is 2.59 bits per heavy atom. The molecule has 0 saturated heterocycles. The first-order valence-electron chi connectivity index (χ1n) is 7.86. The lowest BCUT2D eigenvalue weighted by atomic mass is 10.1. The third kappa shape index (κ3) is 7.01. The van der Waals surface area contributed by atoms with Crippen LogP contribution < -0.4 is 20.9 Å². The molecule has 2 rings (SSSR count). The summed E-state index contributed by atoms with van der Waals surface area (Å²) in [6.45, 7) is 3.50. The van der Waals surface area contributed by atoms with Gasteiger partial charge in [-0.05, 0) is 66.8 Å². The summed E-state index contributed by atoms with van der Waals surface area (Å²) in [5, 5.41) is 4.98. The van der Waals surface area contributed by atoms with Gasteiger partial charge < -0.3 is 4.74 Å². The van der Waals surface area contributed by atoms with Crippen LogP contribution in [0.5, 0.6) is 5.75 Å². The molecule has 6 nitrogen and oxygen atoms in total. The zero-order chi connectivity index (χ0) is 19.8. The molecule has 27 heavy (non-hydrogen) atoms. The normalized spacial score (nSPS) is 10.5. The molecule has 0 spiro atoms. The minimum Gasteiger partial charge on any atom is -0.484 e. The average Bonchev–Trinajstić information content (AvgIpc) is 3.14. The van der Waals surface area contributed by atoms with Crippen LogP contribution in [-0.2, 0) is 9.59 Å². The van der Waals surface area contributed by atoms with E-state index in [0.29, 0.717) is 10.8 Å². The lowest BCUT2D eigenvalue weighted by Gasteiger charge is -2.12. The molecule has 0 fully saturated rings. The predicted octanol–water partition coefficient (Wildman–Crippen LogP) is 3.13. The van der Waals surface area contributed by atoms with Gasteiger partial charge in [0, 0.05) is 16.0 Å². The number of carbonyl (C=O) groups is 2. The maximum absolute atomic E-state index is 11.8. The summed E-state index contributed by atoms with van der Waals surface area (Å²) in [6.07, 6.45) is 3.03. The van der Waals surface area contributed by atoms with Crippen LogP contribution in [0.3, 0.4) is 0 Å². The zero-order valence-corrected chi connectivity index (χ0v) is 17.1. The molecule has 0 unspecified atom stereocenters. The average molecular weight is 424 g/mol. The molecule has 0 aliphatic carbocycles. The fraction of sp³-hybridized carbons (Fsp3) is 0.167. The van der Waals surface area contributed by atoms with E-state index >= 15 is 0 Å². The van der Waals surface area contributed by atoms with Crippen molar-refractivity contribution in [2.75, 3.05) is 6.61 Å². The van der Waals surface area contributed by atoms with Gasteiger partial charge >= 0.3 is 0 Å². The van der Waals surface area contributed by atoms with Gasteiger partial charge in [0.2, 0.25) is 5.91 Å². The van der Waals surface area contributed by atoms with E-state index < -0.39 is 11.8 Å². The summed E-state index contributed by atoms with van der Waals surface area (Å²) in [4.78, 5) is 24.5. The molecule has 0 radical (unpaired) electrons. The monoisotopic (exact) mass is 423 g/mol. The number of ether oxygens (including phenoxy) is 1. The number of benzene rings is 1. The minimum atomic E-state index is -0.453. The first kappa shape index (κ1) is 20.9. The Labute approximate surface area is 171 Å². The van der Waals surface area contributed by atoms with Crippen molar-refractivity contribution in [2.45, 2.75) is 13.8 Å². The minimum absolute atomic E-state index is 0.0256. The number of halogens is 1. The largest absolute Gasteiger partial charge is 0.484 e. The van der Waals surface area contributed by atoms with Gasteiger partial charge in [-0.3, -0.25) is 25.8 Å². The lowest BCUT2D eigenvalue weighted by molar-refractivity contribution is -0.123. The van der Waals surface area contributed by atoms with Crippen molar-refractivity contribution in [2.24, 2.45) is 0 Å². The SMILES string of the molecule is Cc1cc(OCC(=O)NNC(=S)NC(=O)C=Cc2cccs2)cc(C)c1Cl. The van der Waals surface area contributed by atoms with Gasteiger partial charge in [-0.2, -0.15) is 0 Å². The number of amides is 2. The van der Waals surface area contributed by atoms with Crippen LogP contribution in [0.4, 0.5) is 0 Å². The number of hydrogen-bond acceptors (Lipinski definition) is 5. The molecule has 1 heterocycles. The van der Waals surface area contributed by atoms with Gasteiger partial charge in [-0.1, -0.05) is 17.7 Å². The number of hydrazine groups is 1. The molecule has 3 N–H and O–H groups in total. The molecule has 0 aliphatic heterocycles. The molecule has 0 bridgehead atoms. The van der Waals surface area contributed by atoms with Crippen molar-refractivity contribution in [1.29, 1.82) is 0 Å². The van der Waals surface area contributed by atoms with Crippen LogP contribution in [-0.4, -0.2) is 23.5 Å². The highest BCUT2D eigenvalue weighted by Crippen LogP contribution is 2.25. The van der Waals surface area contributed by atoms with Crippen molar-refractivity contribution in [1.82, 2.24) is 16.2 Å². The Kier molecular flexibility index (Phi) is 7.78. The van der Waals surface area contributed by atoms with Crippen LogP contribution in [0.2, 0.25) is 5.02 Å². The molecule has 0 atom stereocenters. The van der Waals surface area contributed by atoms with E-state index in [-0.39, 0.29) is 11.7 Å². The zero-order valence-electron chi connectivity index (χ0n) is 14.7. The van der Waals surface area contributed by atoms with Gasteiger partial charge in [0.05, 0.1) is 0 Å². The maximum atomic E-state index is 11.8. The summed E-state index contributed by atoms with van der Waals surface area (Å²) in [5.74, 6) is -0.316. The number of thiocarbonyl (C=S) groups is 1. The third-order valence-electron chi connectivity index (χ3n) is 3.27. The second-order valence-electron chi connectivity index (χ2n) is 5.50. The van der Waals surface area contributed by atoms with Crippen LogP contribution in [0, 0.1) is 13.8 Å². The van der Waals surface area contributed by atoms with Gasteiger partial charge in [-0.25, -0.2) is 0 Å². The van der Waals surface area contributed by atoms with Gasteiger partial charge in [0.1, 0.15) is 5.75 Å². The summed E-state index contributed by atoms with van der Waals surface area (Å²) in [6, 6.07) is 7.27. The number of thiophene rings is 1. The Morgan fingerprint density at radius 2 is 1.96 bits per heavy atom. The number of carbonyl (C=O) groups excluding carboxylic acids is 2. The van der Waals surface area contributed by atoms with E-state index in [1.807, 2.05) is 31.4 Å². The molecule has 2 amide bonds. The van der Waals surface area contributed by atoms with E-state index in [1.54, 1.807) is 18.2 Å². The smallest absolute Gasteiger partial charge is 0.276 e. The molecule has 1 aromatic heterocycles. The summed E-state index contributed by atoms with van der Waals surface area (Å²) in [5.41, 5.74) is 6.52. The highest BCUT2D eigenvalue weighted by molar-refractivity contribution is 7.80. The highest BCUT2D eigenvalue weighted by atomic mass is 35.5. The van der Waals surface area contributed by atoms with Gasteiger partial charge in [-0.15, -0.1) is 11.3 Å². The number of nitrogens with one attached hydrogen (secondary N) is 3. The van der Waals surface area contributed by atoms with Crippen LogP contribution in [0.1, 0.15) is 16.0 Å². The topological polar surface area (TPSA) is 79.5 Å². The third-order valence-corrected chi connectivity index (χ3v) is 4.91. The first-order chi connectivity index (χ1) is 12.8. The van der Waals surface area contributed by atoms with E-state index in [9.17, 15) is 9.59 Å².